The fourth-order valence-electron chi connectivity index (χ4n) is 2.38. The average molecular weight is 366 g/mol. The van der Waals surface area contributed by atoms with Gasteiger partial charge in [-0.05, 0) is 37.3 Å². The highest BCUT2D eigenvalue weighted by molar-refractivity contribution is 7.14. The number of anilines is 1. The zero-order chi connectivity index (χ0) is 18.1. The van der Waals surface area contributed by atoms with Crippen LogP contribution in [0.5, 0.6) is 5.75 Å². The molecule has 0 bridgehead atoms. The summed E-state index contributed by atoms with van der Waals surface area (Å²) in [5.41, 5.74) is 2.55. The lowest BCUT2D eigenvalue weighted by molar-refractivity contribution is 0.101. The van der Waals surface area contributed by atoms with Crippen molar-refractivity contribution in [1.29, 1.82) is 0 Å². The Balaban J connectivity index is 1.54. The molecule has 130 valence electrons. The fourth-order valence-corrected chi connectivity index (χ4v) is 3.10. The van der Waals surface area contributed by atoms with Crippen LogP contribution >= 0.6 is 11.3 Å². The van der Waals surface area contributed by atoms with Gasteiger partial charge in [-0.2, -0.15) is 4.98 Å². The van der Waals surface area contributed by atoms with E-state index < -0.39 is 5.91 Å². The van der Waals surface area contributed by atoms with Crippen molar-refractivity contribution in [2.75, 3.05) is 12.4 Å². The third-order valence-corrected chi connectivity index (χ3v) is 4.50. The molecule has 26 heavy (non-hydrogen) atoms. The van der Waals surface area contributed by atoms with Crippen LogP contribution < -0.4 is 10.1 Å². The molecule has 0 aliphatic heterocycles. The molecule has 0 saturated heterocycles. The number of nitrogens with zero attached hydrogens (tertiary/aromatic N) is 5. The number of aryl methyl sites for hydroxylation is 1. The van der Waals surface area contributed by atoms with Gasteiger partial charge in [0.2, 0.25) is 5.82 Å². The van der Waals surface area contributed by atoms with Gasteiger partial charge in [0, 0.05) is 22.8 Å². The average Bonchev–Trinajstić information content (AvgIpc) is 3.29. The van der Waals surface area contributed by atoms with E-state index in [1.807, 2.05) is 36.6 Å². The largest absolute Gasteiger partial charge is 0.497 e. The Labute approximate surface area is 152 Å². The summed E-state index contributed by atoms with van der Waals surface area (Å²) in [5, 5.41) is 9.27. The fraction of sp³-hybridized carbons (Fsp3) is 0.118. The molecule has 0 aliphatic carbocycles. The number of amides is 1. The number of carbonyl (C=O) groups is 1. The van der Waals surface area contributed by atoms with E-state index in [9.17, 15) is 4.79 Å². The van der Waals surface area contributed by atoms with Gasteiger partial charge in [0.05, 0.1) is 12.8 Å². The van der Waals surface area contributed by atoms with Crippen LogP contribution in [0.4, 0.5) is 5.13 Å². The number of fused-ring (bicyclic) bond motifs is 1. The Hall–Kier alpha value is -3.33. The van der Waals surface area contributed by atoms with Crippen molar-refractivity contribution >= 4 is 28.2 Å². The summed E-state index contributed by atoms with van der Waals surface area (Å²) in [6, 6.07) is 9.35. The maximum atomic E-state index is 12.4. The van der Waals surface area contributed by atoms with Crippen molar-refractivity contribution in [3.63, 3.8) is 0 Å². The van der Waals surface area contributed by atoms with E-state index in [4.69, 9.17) is 4.74 Å². The number of methoxy groups -OCH3 is 1. The van der Waals surface area contributed by atoms with Crippen LogP contribution in [0.15, 0.2) is 41.9 Å². The van der Waals surface area contributed by atoms with Gasteiger partial charge in [0.15, 0.2) is 5.13 Å². The first kappa shape index (κ1) is 16.2. The summed E-state index contributed by atoms with van der Waals surface area (Å²) in [4.78, 5) is 25.1. The predicted octanol–water partition coefficient (Wildman–Crippen LogP) is 2.82. The van der Waals surface area contributed by atoms with Gasteiger partial charge in [-0.1, -0.05) is 0 Å². The second kappa shape index (κ2) is 6.52. The summed E-state index contributed by atoms with van der Waals surface area (Å²) in [5.74, 6) is 0.783. The maximum absolute atomic E-state index is 12.4. The van der Waals surface area contributed by atoms with Crippen LogP contribution in [0, 0.1) is 6.92 Å². The molecule has 9 heteroatoms. The van der Waals surface area contributed by atoms with Gasteiger partial charge in [-0.3, -0.25) is 10.1 Å². The van der Waals surface area contributed by atoms with Gasteiger partial charge >= 0.3 is 0 Å². The van der Waals surface area contributed by atoms with E-state index in [0.717, 1.165) is 22.7 Å². The maximum Gasteiger partial charge on any atom is 0.297 e. The van der Waals surface area contributed by atoms with E-state index in [1.165, 1.54) is 15.9 Å². The molecule has 1 N–H and O–H groups in total. The Morgan fingerprint density at radius 2 is 2.00 bits per heavy atom. The summed E-state index contributed by atoms with van der Waals surface area (Å²) in [6.45, 7) is 1.87. The molecule has 0 fully saturated rings. The third-order valence-electron chi connectivity index (χ3n) is 3.74. The number of carbonyl (C=O) groups excluding carboxylic acids is 1. The molecule has 0 unspecified atom stereocenters. The lowest BCUT2D eigenvalue weighted by atomic mass is 10.2. The minimum absolute atomic E-state index is 0.0491. The normalized spacial score (nSPS) is 10.8. The van der Waals surface area contributed by atoms with Crippen LogP contribution in [0.2, 0.25) is 0 Å². The Kier molecular flexibility index (Phi) is 4.05. The van der Waals surface area contributed by atoms with Crippen molar-refractivity contribution in [3.05, 3.63) is 53.4 Å². The molecule has 0 radical (unpaired) electrons. The molecule has 3 heterocycles. The van der Waals surface area contributed by atoms with Gasteiger partial charge in [0.1, 0.15) is 5.75 Å². The molecule has 0 atom stereocenters. The monoisotopic (exact) mass is 366 g/mol. The van der Waals surface area contributed by atoms with Crippen molar-refractivity contribution in [2.45, 2.75) is 6.92 Å². The number of aromatic nitrogens is 5. The molecule has 3 aromatic heterocycles. The first-order valence-electron chi connectivity index (χ1n) is 7.74. The Morgan fingerprint density at radius 3 is 2.73 bits per heavy atom. The molecular formula is C17H14N6O2S. The first-order valence-corrected chi connectivity index (χ1v) is 8.62. The Bertz CT molecular complexity index is 1090. The number of hydrogen-bond donors (Lipinski definition) is 1. The van der Waals surface area contributed by atoms with Crippen LogP contribution in [-0.2, 0) is 0 Å². The van der Waals surface area contributed by atoms with Crippen LogP contribution in [0.1, 0.15) is 16.3 Å². The number of rotatable bonds is 4. The van der Waals surface area contributed by atoms with Crippen LogP contribution in [0.3, 0.4) is 0 Å². The molecule has 1 aromatic carbocycles. The summed E-state index contributed by atoms with van der Waals surface area (Å²) >= 11 is 1.34. The zero-order valence-electron chi connectivity index (χ0n) is 14.0. The first-order chi connectivity index (χ1) is 12.6. The number of hydrogen-bond acceptors (Lipinski definition) is 7. The van der Waals surface area contributed by atoms with E-state index >= 15 is 0 Å². The number of benzene rings is 1. The highest BCUT2D eigenvalue weighted by atomic mass is 32.1. The third kappa shape index (κ3) is 3.00. The second-order valence-electron chi connectivity index (χ2n) is 5.45. The lowest BCUT2D eigenvalue weighted by Crippen LogP contribution is -2.13. The SMILES string of the molecule is COc1ccc(-c2csc(NC(=O)c3nc4nccc(C)n4n3)n2)cc1. The van der Waals surface area contributed by atoms with Gasteiger partial charge in [-0.25, -0.2) is 14.5 Å². The predicted molar refractivity (Wildman–Crippen MR) is 97.6 cm³/mol. The number of ether oxygens (including phenoxy) is 1. The minimum atomic E-state index is -0.425. The molecule has 8 nitrogen and oxygen atoms in total. The van der Waals surface area contributed by atoms with E-state index in [0.29, 0.717) is 10.9 Å². The number of nitrogens with one attached hydrogen (secondary N) is 1. The van der Waals surface area contributed by atoms with Crippen molar-refractivity contribution in [1.82, 2.24) is 24.6 Å². The minimum Gasteiger partial charge on any atom is -0.497 e. The summed E-state index contributed by atoms with van der Waals surface area (Å²) < 4.78 is 6.68. The summed E-state index contributed by atoms with van der Waals surface area (Å²) in [6.07, 6.45) is 1.63. The highest BCUT2D eigenvalue weighted by Crippen LogP contribution is 2.26. The van der Waals surface area contributed by atoms with E-state index in [-0.39, 0.29) is 5.82 Å². The molecule has 0 saturated carbocycles. The van der Waals surface area contributed by atoms with Crippen molar-refractivity contribution in [3.8, 4) is 17.0 Å². The summed E-state index contributed by atoms with van der Waals surface area (Å²) in [7, 11) is 1.62. The smallest absolute Gasteiger partial charge is 0.297 e. The molecular weight excluding hydrogens is 352 g/mol. The van der Waals surface area contributed by atoms with Crippen LogP contribution in [-0.4, -0.2) is 37.6 Å². The van der Waals surface area contributed by atoms with Crippen LogP contribution in [0.25, 0.3) is 17.0 Å². The van der Waals surface area contributed by atoms with E-state index in [1.54, 1.807) is 19.4 Å². The van der Waals surface area contributed by atoms with Crippen molar-refractivity contribution in [2.24, 2.45) is 0 Å². The van der Waals surface area contributed by atoms with Gasteiger partial charge in [0.25, 0.3) is 11.7 Å². The number of thiazole rings is 1. The lowest BCUT2D eigenvalue weighted by Gasteiger charge is -2.00. The van der Waals surface area contributed by atoms with Crippen molar-refractivity contribution < 1.29 is 9.53 Å². The molecule has 0 spiro atoms. The Morgan fingerprint density at radius 1 is 1.19 bits per heavy atom. The topological polar surface area (TPSA) is 94.3 Å². The molecule has 0 aliphatic rings. The van der Waals surface area contributed by atoms with E-state index in [2.05, 4.69) is 25.4 Å². The zero-order valence-corrected chi connectivity index (χ0v) is 14.8. The second-order valence-corrected chi connectivity index (χ2v) is 6.31. The van der Waals surface area contributed by atoms with Gasteiger partial charge < -0.3 is 4.74 Å². The highest BCUT2D eigenvalue weighted by Gasteiger charge is 2.16. The molecule has 4 aromatic rings. The quantitative estimate of drug-likeness (QED) is 0.597. The molecule has 4 rings (SSSR count). The van der Waals surface area contributed by atoms with Gasteiger partial charge in [-0.15, -0.1) is 16.4 Å². The molecule has 1 amide bonds. The standard InChI is InChI=1S/C17H14N6O2S/c1-10-7-8-18-16-20-14(22-23(10)16)15(24)21-17-19-13(9-26-17)11-3-5-12(25-2)6-4-11/h3-9H,1-2H3,(H,19,21,24).